The fourth-order valence-corrected chi connectivity index (χ4v) is 1.75. The van der Waals surface area contributed by atoms with E-state index in [0.717, 1.165) is 0 Å². The van der Waals surface area contributed by atoms with Crippen molar-refractivity contribution < 1.29 is 4.79 Å². The van der Waals surface area contributed by atoms with Crippen molar-refractivity contribution in [2.45, 2.75) is 19.4 Å². The fourth-order valence-electron chi connectivity index (χ4n) is 1.75. The summed E-state index contributed by atoms with van der Waals surface area (Å²) < 4.78 is 1.48. The van der Waals surface area contributed by atoms with Crippen LogP contribution in [0.3, 0.4) is 0 Å². The highest BCUT2D eigenvalue weighted by Gasteiger charge is 2.03. The predicted octanol–water partition coefficient (Wildman–Crippen LogP) is 1.24. The van der Waals surface area contributed by atoms with Gasteiger partial charge in [-0.2, -0.15) is 0 Å². The Kier molecular flexibility index (Phi) is 4.49. The summed E-state index contributed by atoms with van der Waals surface area (Å²) in [6.07, 6.45) is 3.84. The smallest absolute Gasteiger partial charge is 0.253 e. The monoisotopic (exact) mass is 272 g/mol. The lowest BCUT2D eigenvalue weighted by molar-refractivity contribution is -0.116. The van der Waals surface area contributed by atoms with Gasteiger partial charge in [-0.3, -0.25) is 14.2 Å². The summed E-state index contributed by atoms with van der Waals surface area (Å²) in [7, 11) is 0. The highest BCUT2D eigenvalue weighted by Crippen LogP contribution is 2.11. The van der Waals surface area contributed by atoms with Crippen molar-refractivity contribution in [1.29, 1.82) is 0 Å². The van der Waals surface area contributed by atoms with Crippen LogP contribution in [0.4, 0.5) is 11.4 Å². The standard InChI is InChI=1S/C14H16N4O2/c15-11-3-5-12(6-4-11)17-13(19)2-1-9-18-10-16-8-7-14(18)20/h3-8,10H,1-2,9,15H2,(H,17,19). The summed E-state index contributed by atoms with van der Waals surface area (Å²) in [6, 6.07) is 8.35. The Bertz CT molecular complexity index is 634. The van der Waals surface area contributed by atoms with Crippen LogP contribution in [-0.4, -0.2) is 15.5 Å². The van der Waals surface area contributed by atoms with Gasteiger partial charge < -0.3 is 11.1 Å². The van der Waals surface area contributed by atoms with Crippen LogP contribution in [0.1, 0.15) is 12.8 Å². The number of hydrogen-bond acceptors (Lipinski definition) is 4. The number of nitrogens with two attached hydrogens (primary N) is 1. The molecular formula is C14H16N4O2. The molecule has 1 amide bonds. The molecule has 0 aliphatic rings. The molecule has 2 rings (SSSR count). The Labute approximate surface area is 116 Å². The van der Waals surface area contributed by atoms with E-state index in [0.29, 0.717) is 30.8 Å². The summed E-state index contributed by atoms with van der Waals surface area (Å²) >= 11 is 0. The molecule has 0 fully saturated rings. The summed E-state index contributed by atoms with van der Waals surface area (Å²) in [5.41, 5.74) is 6.82. The van der Waals surface area contributed by atoms with Gasteiger partial charge in [0, 0.05) is 36.6 Å². The van der Waals surface area contributed by atoms with Gasteiger partial charge in [0.05, 0.1) is 6.33 Å². The summed E-state index contributed by atoms with van der Waals surface area (Å²) in [5.74, 6) is -0.0910. The molecule has 3 N–H and O–H groups in total. The summed E-state index contributed by atoms with van der Waals surface area (Å²) in [4.78, 5) is 27.0. The lowest BCUT2D eigenvalue weighted by atomic mass is 10.2. The number of rotatable bonds is 5. The Morgan fingerprint density at radius 2 is 2.00 bits per heavy atom. The van der Waals surface area contributed by atoms with Gasteiger partial charge in [-0.05, 0) is 30.7 Å². The summed E-state index contributed by atoms with van der Waals surface area (Å²) in [6.45, 7) is 0.474. The van der Waals surface area contributed by atoms with Crippen molar-refractivity contribution in [3.63, 3.8) is 0 Å². The van der Waals surface area contributed by atoms with Crippen molar-refractivity contribution in [2.24, 2.45) is 0 Å². The van der Waals surface area contributed by atoms with Gasteiger partial charge in [0.1, 0.15) is 0 Å². The van der Waals surface area contributed by atoms with Crippen molar-refractivity contribution in [3.8, 4) is 0 Å². The molecule has 0 radical (unpaired) electrons. The van der Waals surface area contributed by atoms with Crippen LogP contribution in [0.2, 0.25) is 0 Å². The zero-order chi connectivity index (χ0) is 14.4. The van der Waals surface area contributed by atoms with E-state index < -0.39 is 0 Å². The maximum Gasteiger partial charge on any atom is 0.253 e. The molecule has 0 saturated heterocycles. The molecule has 0 aliphatic heterocycles. The maximum atomic E-state index is 11.7. The predicted molar refractivity (Wildman–Crippen MR) is 77.2 cm³/mol. The molecule has 0 bridgehead atoms. The molecule has 104 valence electrons. The molecule has 1 aromatic heterocycles. The number of carbonyl (C=O) groups excluding carboxylic acids is 1. The van der Waals surface area contributed by atoms with Crippen LogP contribution >= 0.6 is 0 Å². The zero-order valence-corrected chi connectivity index (χ0v) is 11.0. The minimum absolute atomic E-state index is 0.0910. The first kappa shape index (κ1) is 13.8. The number of hydrogen-bond donors (Lipinski definition) is 2. The van der Waals surface area contributed by atoms with E-state index in [-0.39, 0.29) is 11.5 Å². The average Bonchev–Trinajstić information content (AvgIpc) is 2.43. The van der Waals surface area contributed by atoms with Gasteiger partial charge in [0.15, 0.2) is 0 Å². The van der Waals surface area contributed by atoms with Crippen LogP contribution < -0.4 is 16.6 Å². The van der Waals surface area contributed by atoms with Crippen molar-refractivity contribution in [2.75, 3.05) is 11.1 Å². The molecule has 2 aromatic rings. The van der Waals surface area contributed by atoms with E-state index in [9.17, 15) is 9.59 Å². The minimum Gasteiger partial charge on any atom is -0.399 e. The average molecular weight is 272 g/mol. The van der Waals surface area contributed by atoms with Gasteiger partial charge >= 0.3 is 0 Å². The van der Waals surface area contributed by atoms with E-state index in [1.54, 1.807) is 24.3 Å². The van der Waals surface area contributed by atoms with Crippen molar-refractivity contribution >= 4 is 17.3 Å². The highest BCUT2D eigenvalue weighted by atomic mass is 16.1. The lowest BCUT2D eigenvalue weighted by Gasteiger charge is -2.06. The molecule has 0 spiro atoms. The molecule has 0 atom stereocenters. The quantitative estimate of drug-likeness (QED) is 0.801. The normalized spacial score (nSPS) is 10.2. The number of nitrogens with one attached hydrogen (secondary N) is 1. The largest absolute Gasteiger partial charge is 0.399 e. The van der Waals surface area contributed by atoms with Crippen molar-refractivity contribution in [3.05, 3.63) is 53.2 Å². The molecule has 6 nitrogen and oxygen atoms in total. The maximum absolute atomic E-state index is 11.7. The van der Waals surface area contributed by atoms with Crippen LogP contribution in [0.5, 0.6) is 0 Å². The zero-order valence-electron chi connectivity index (χ0n) is 11.0. The van der Waals surface area contributed by atoms with Gasteiger partial charge in [-0.15, -0.1) is 0 Å². The van der Waals surface area contributed by atoms with E-state index in [1.807, 2.05) is 0 Å². The van der Waals surface area contributed by atoms with Crippen molar-refractivity contribution in [1.82, 2.24) is 9.55 Å². The molecule has 0 unspecified atom stereocenters. The Hall–Kier alpha value is -2.63. The van der Waals surface area contributed by atoms with Crippen LogP contribution in [0.25, 0.3) is 0 Å². The number of benzene rings is 1. The number of anilines is 2. The number of aryl methyl sites for hydroxylation is 1. The fraction of sp³-hybridized carbons (Fsp3) is 0.214. The second-order valence-electron chi connectivity index (χ2n) is 4.39. The Morgan fingerprint density at radius 1 is 1.25 bits per heavy atom. The van der Waals surface area contributed by atoms with Crippen LogP contribution in [-0.2, 0) is 11.3 Å². The minimum atomic E-state index is -0.112. The lowest BCUT2D eigenvalue weighted by Crippen LogP contribution is -2.20. The Balaban J connectivity index is 1.80. The molecule has 1 heterocycles. The number of nitrogen functional groups attached to an aromatic ring is 1. The third-order valence-corrected chi connectivity index (χ3v) is 2.79. The second kappa shape index (κ2) is 6.51. The first-order chi connectivity index (χ1) is 9.65. The van der Waals surface area contributed by atoms with Crippen LogP contribution in [0, 0.1) is 0 Å². The molecule has 0 aliphatic carbocycles. The first-order valence-corrected chi connectivity index (χ1v) is 6.31. The van der Waals surface area contributed by atoms with Gasteiger partial charge in [0.25, 0.3) is 5.56 Å². The molecule has 6 heteroatoms. The van der Waals surface area contributed by atoms with Gasteiger partial charge in [0.2, 0.25) is 5.91 Å². The number of carbonyl (C=O) groups is 1. The molecule has 1 aromatic carbocycles. The number of aromatic nitrogens is 2. The second-order valence-corrected chi connectivity index (χ2v) is 4.39. The number of amides is 1. The summed E-state index contributed by atoms with van der Waals surface area (Å²) in [5, 5.41) is 2.77. The molecular weight excluding hydrogens is 256 g/mol. The van der Waals surface area contributed by atoms with Gasteiger partial charge in [-0.25, -0.2) is 4.98 Å². The highest BCUT2D eigenvalue weighted by molar-refractivity contribution is 5.90. The first-order valence-electron chi connectivity index (χ1n) is 6.31. The third-order valence-electron chi connectivity index (χ3n) is 2.79. The van der Waals surface area contributed by atoms with Crippen LogP contribution in [0.15, 0.2) is 47.7 Å². The molecule has 20 heavy (non-hydrogen) atoms. The topological polar surface area (TPSA) is 90.0 Å². The molecule has 0 saturated carbocycles. The Morgan fingerprint density at radius 3 is 2.70 bits per heavy atom. The van der Waals surface area contributed by atoms with E-state index in [1.165, 1.54) is 23.2 Å². The SMILES string of the molecule is Nc1ccc(NC(=O)CCCn2cnccc2=O)cc1. The van der Waals surface area contributed by atoms with Gasteiger partial charge in [-0.1, -0.05) is 0 Å². The third kappa shape index (κ3) is 3.94. The van der Waals surface area contributed by atoms with E-state index in [4.69, 9.17) is 5.73 Å². The van der Waals surface area contributed by atoms with E-state index in [2.05, 4.69) is 10.3 Å². The van der Waals surface area contributed by atoms with E-state index >= 15 is 0 Å². The number of nitrogens with zero attached hydrogens (tertiary/aromatic N) is 2.